The third-order valence-electron chi connectivity index (χ3n) is 4.46. The Morgan fingerprint density at radius 3 is 2.54 bits per heavy atom. The first-order valence-electron chi connectivity index (χ1n) is 8.23. The number of benzene rings is 1. The molecule has 138 valence electrons. The first kappa shape index (κ1) is 18.0. The molecule has 0 bridgehead atoms. The van der Waals surface area contributed by atoms with Crippen LogP contribution in [0.15, 0.2) is 30.6 Å². The summed E-state index contributed by atoms with van der Waals surface area (Å²) in [5.41, 5.74) is 0.706. The Hall–Kier alpha value is -2.81. The Balaban J connectivity index is 1.54. The van der Waals surface area contributed by atoms with Gasteiger partial charge in [-0.2, -0.15) is 5.10 Å². The highest BCUT2D eigenvalue weighted by atomic mass is 19.2. The molecule has 7 nitrogen and oxygen atoms in total. The van der Waals surface area contributed by atoms with Gasteiger partial charge >= 0.3 is 0 Å². The molecule has 1 aliphatic rings. The third-order valence-corrected chi connectivity index (χ3v) is 4.46. The second-order valence-electron chi connectivity index (χ2n) is 6.11. The Kier molecular flexibility index (Phi) is 5.27. The van der Waals surface area contributed by atoms with Crippen LogP contribution in [0.4, 0.5) is 14.5 Å². The van der Waals surface area contributed by atoms with Crippen molar-refractivity contribution in [2.24, 2.45) is 0 Å². The number of aromatic amines is 1. The number of amides is 2. The average molecular weight is 363 g/mol. The molecule has 0 radical (unpaired) electrons. The van der Waals surface area contributed by atoms with E-state index in [1.165, 1.54) is 12.3 Å². The number of anilines is 1. The van der Waals surface area contributed by atoms with Crippen molar-refractivity contribution in [3.8, 4) is 0 Å². The summed E-state index contributed by atoms with van der Waals surface area (Å²) in [5.74, 6) is -2.39. The van der Waals surface area contributed by atoms with Gasteiger partial charge in [-0.15, -0.1) is 0 Å². The zero-order valence-electron chi connectivity index (χ0n) is 14.2. The molecule has 26 heavy (non-hydrogen) atoms. The number of rotatable bonds is 4. The summed E-state index contributed by atoms with van der Waals surface area (Å²) in [7, 11) is 0. The average Bonchev–Trinajstić information content (AvgIpc) is 3.18. The molecule has 1 fully saturated rings. The van der Waals surface area contributed by atoms with Crippen molar-refractivity contribution in [3.05, 3.63) is 47.8 Å². The van der Waals surface area contributed by atoms with Gasteiger partial charge in [0, 0.05) is 44.1 Å². The smallest absolute Gasteiger partial charge is 0.257 e. The lowest BCUT2D eigenvalue weighted by atomic mass is 10.2. The molecule has 3 rings (SSSR count). The minimum absolute atomic E-state index is 0.0997. The fraction of sp³-hybridized carbons (Fsp3) is 0.353. The van der Waals surface area contributed by atoms with Crippen LogP contribution in [0.2, 0.25) is 0 Å². The van der Waals surface area contributed by atoms with Gasteiger partial charge in [-0.05, 0) is 19.1 Å². The predicted octanol–water partition coefficient (Wildman–Crippen LogP) is 1.47. The summed E-state index contributed by atoms with van der Waals surface area (Å²) >= 11 is 0. The number of nitrogens with zero attached hydrogens (tertiary/aromatic N) is 3. The fourth-order valence-electron chi connectivity index (χ4n) is 2.85. The topological polar surface area (TPSA) is 81.3 Å². The quantitative estimate of drug-likeness (QED) is 0.862. The summed E-state index contributed by atoms with van der Waals surface area (Å²) in [4.78, 5) is 28.3. The zero-order chi connectivity index (χ0) is 18.7. The van der Waals surface area contributed by atoms with Crippen LogP contribution in [0.1, 0.15) is 17.3 Å². The fourth-order valence-corrected chi connectivity index (χ4v) is 2.85. The second kappa shape index (κ2) is 7.61. The summed E-state index contributed by atoms with van der Waals surface area (Å²) < 4.78 is 26.2. The number of hydrogen-bond acceptors (Lipinski definition) is 4. The number of H-pyrrole nitrogens is 1. The minimum Gasteiger partial charge on any atom is -0.336 e. The van der Waals surface area contributed by atoms with Crippen molar-refractivity contribution in [2.75, 3.05) is 31.5 Å². The Morgan fingerprint density at radius 1 is 1.19 bits per heavy atom. The van der Waals surface area contributed by atoms with Crippen LogP contribution in [0, 0.1) is 11.6 Å². The molecule has 0 spiro atoms. The molecule has 1 aromatic carbocycles. The van der Waals surface area contributed by atoms with E-state index in [2.05, 4.69) is 15.5 Å². The van der Waals surface area contributed by atoms with E-state index in [9.17, 15) is 18.4 Å². The van der Waals surface area contributed by atoms with Gasteiger partial charge in [0.1, 0.15) is 0 Å². The van der Waals surface area contributed by atoms with E-state index in [-0.39, 0.29) is 17.5 Å². The van der Waals surface area contributed by atoms with E-state index in [4.69, 9.17) is 0 Å². The normalized spacial score (nSPS) is 16.3. The third kappa shape index (κ3) is 3.88. The van der Waals surface area contributed by atoms with Crippen LogP contribution in [0.25, 0.3) is 0 Å². The molecule has 1 atom stereocenters. The highest BCUT2D eigenvalue weighted by Gasteiger charge is 2.28. The van der Waals surface area contributed by atoms with E-state index in [1.54, 1.807) is 18.0 Å². The number of carbonyl (C=O) groups excluding carboxylic acids is 2. The number of halogens is 2. The molecule has 1 saturated heterocycles. The van der Waals surface area contributed by atoms with Crippen LogP contribution in [-0.4, -0.2) is 64.0 Å². The van der Waals surface area contributed by atoms with Crippen LogP contribution in [0.5, 0.6) is 0 Å². The molecule has 2 N–H and O–H groups in total. The summed E-state index contributed by atoms with van der Waals surface area (Å²) in [6.45, 7) is 3.80. The molecular formula is C17H19F2N5O2. The van der Waals surface area contributed by atoms with Gasteiger partial charge < -0.3 is 10.2 Å². The lowest BCUT2D eigenvalue weighted by Gasteiger charge is -2.37. The second-order valence-corrected chi connectivity index (χ2v) is 6.11. The molecule has 9 heteroatoms. The summed E-state index contributed by atoms with van der Waals surface area (Å²) in [6.07, 6.45) is 3.03. The van der Waals surface area contributed by atoms with Crippen molar-refractivity contribution in [2.45, 2.75) is 13.0 Å². The van der Waals surface area contributed by atoms with E-state index < -0.39 is 17.7 Å². The number of hydrogen-bond donors (Lipinski definition) is 2. The molecular weight excluding hydrogens is 344 g/mol. The number of nitrogens with one attached hydrogen (secondary N) is 2. The predicted molar refractivity (Wildman–Crippen MR) is 90.5 cm³/mol. The van der Waals surface area contributed by atoms with E-state index in [0.29, 0.717) is 31.7 Å². The number of aromatic nitrogens is 2. The van der Waals surface area contributed by atoms with Gasteiger partial charge in [0.25, 0.3) is 5.91 Å². The molecule has 0 saturated carbocycles. The summed E-state index contributed by atoms with van der Waals surface area (Å²) in [6, 6.07) is 2.76. The van der Waals surface area contributed by atoms with Crippen molar-refractivity contribution < 1.29 is 18.4 Å². The SMILES string of the molecule is CC(C(=O)Nc1ccc(F)c(F)c1)N1CCN(C(=O)c2cn[nH]c2)CC1. The van der Waals surface area contributed by atoms with E-state index >= 15 is 0 Å². The van der Waals surface area contributed by atoms with Crippen LogP contribution in [0.3, 0.4) is 0 Å². The van der Waals surface area contributed by atoms with Crippen LogP contribution in [-0.2, 0) is 4.79 Å². The van der Waals surface area contributed by atoms with Crippen molar-refractivity contribution in [3.63, 3.8) is 0 Å². The largest absolute Gasteiger partial charge is 0.336 e. The Labute approximate surface area is 149 Å². The van der Waals surface area contributed by atoms with Crippen molar-refractivity contribution >= 4 is 17.5 Å². The highest BCUT2D eigenvalue weighted by molar-refractivity contribution is 5.95. The zero-order valence-corrected chi connectivity index (χ0v) is 14.2. The molecule has 2 amide bonds. The molecule has 1 aliphatic heterocycles. The molecule has 0 aliphatic carbocycles. The van der Waals surface area contributed by atoms with Crippen molar-refractivity contribution in [1.29, 1.82) is 0 Å². The Morgan fingerprint density at radius 2 is 1.92 bits per heavy atom. The molecule has 1 aromatic heterocycles. The highest BCUT2D eigenvalue weighted by Crippen LogP contribution is 2.15. The lowest BCUT2D eigenvalue weighted by Crippen LogP contribution is -2.54. The van der Waals surface area contributed by atoms with Crippen molar-refractivity contribution in [1.82, 2.24) is 20.0 Å². The van der Waals surface area contributed by atoms with E-state index in [0.717, 1.165) is 12.1 Å². The van der Waals surface area contributed by atoms with Gasteiger partial charge in [-0.1, -0.05) is 0 Å². The maximum Gasteiger partial charge on any atom is 0.257 e. The Bertz CT molecular complexity index is 788. The van der Waals surface area contributed by atoms with Gasteiger partial charge in [-0.3, -0.25) is 19.6 Å². The maximum absolute atomic E-state index is 13.2. The lowest BCUT2D eigenvalue weighted by molar-refractivity contribution is -0.121. The molecule has 1 unspecified atom stereocenters. The van der Waals surface area contributed by atoms with Crippen LogP contribution < -0.4 is 5.32 Å². The maximum atomic E-state index is 13.2. The minimum atomic E-state index is -1.01. The van der Waals surface area contributed by atoms with Gasteiger partial charge in [-0.25, -0.2) is 8.78 Å². The van der Waals surface area contributed by atoms with Gasteiger partial charge in [0.15, 0.2) is 11.6 Å². The standard InChI is InChI=1S/C17H19F2N5O2/c1-11(16(25)22-13-2-3-14(18)15(19)8-13)23-4-6-24(7-5-23)17(26)12-9-20-21-10-12/h2-3,8-11H,4-7H2,1H3,(H,20,21)(H,22,25). The summed E-state index contributed by atoms with van der Waals surface area (Å²) in [5, 5.41) is 8.96. The number of carbonyl (C=O) groups is 2. The van der Waals surface area contributed by atoms with Gasteiger partial charge in [0.05, 0.1) is 17.8 Å². The first-order valence-corrected chi connectivity index (χ1v) is 8.23. The first-order chi connectivity index (χ1) is 12.5. The monoisotopic (exact) mass is 363 g/mol. The molecule has 2 aromatic rings. The number of piperazine rings is 1. The molecule has 2 heterocycles. The van der Waals surface area contributed by atoms with Gasteiger partial charge in [0.2, 0.25) is 5.91 Å². The van der Waals surface area contributed by atoms with Crippen LogP contribution >= 0.6 is 0 Å². The van der Waals surface area contributed by atoms with E-state index in [1.807, 2.05) is 4.90 Å².